The summed E-state index contributed by atoms with van der Waals surface area (Å²) in [5.74, 6) is 0.217. The van der Waals surface area contributed by atoms with Gasteiger partial charge in [0.05, 0.1) is 6.26 Å². The first-order valence-electron chi connectivity index (χ1n) is 6.97. The van der Waals surface area contributed by atoms with Crippen molar-refractivity contribution in [2.24, 2.45) is 5.10 Å². The Kier molecular flexibility index (Phi) is 4.44. The standard InChI is InChI=1S/C17H14N4O2/c22-17(15-12-14(19-20-15)16-9-5-11-23-16)21-18-10-4-8-13-6-2-1-3-7-13/h1-12H,(H,19,20)(H,21,22)/b8-4+,18-10+. The summed E-state index contributed by atoms with van der Waals surface area (Å²) in [7, 11) is 0. The van der Waals surface area contributed by atoms with E-state index in [1.165, 1.54) is 6.21 Å². The van der Waals surface area contributed by atoms with Crippen LogP contribution >= 0.6 is 0 Å². The minimum absolute atomic E-state index is 0.237. The molecule has 0 spiro atoms. The molecule has 0 atom stereocenters. The Bertz CT molecular complexity index is 817. The average Bonchev–Trinajstić information content (AvgIpc) is 3.26. The lowest BCUT2D eigenvalue weighted by molar-refractivity contribution is 0.0950. The first-order chi connectivity index (χ1) is 11.3. The SMILES string of the molecule is O=C(N/N=C/C=C/c1ccccc1)c1cc(-c2ccco2)[nH]n1. The quantitative estimate of drug-likeness (QED) is 0.561. The van der Waals surface area contributed by atoms with Crippen LogP contribution in [0.1, 0.15) is 16.1 Å². The number of amides is 1. The summed E-state index contributed by atoms with van der Waals surface area (Å²) in [6.07, 6.45) is 6.69. The van der Waals surface area contributed by atoms with E-state index in [-0.39, 0.29) is 5.69 Å². The number of allylic oxidation sites excluding steroid dienone is 1. The first kappa shape index (κ1) is 14.5. The summed E-state index contributed by atoms with van der Waals surface area (Å²) in [5.41, 5.74) is 4.34. The molecule has 3 rings (SSSR count). The Morgan fingerprint density at radius 1 is 1.22 bits per heavy atom. The van der Waals surface area contributed by atoms with Crippen molar-refractivity contribution in [2.75, 3.05) is 0 Å². The molecule has 0 saturated carbocycles. The number of furan rings is 1. The van der Waals surface area contributed by atoms with E-state index in [1.807, 2.05) is 36.4 Å². The summed E-state index contributed by atoms with van der Waals surface area (Å²) in [5, 5.41) is 10.5. The maximum absolute atomic E-state index is 11.9. The van der Waals surface area contributed by atoms with Crippen molar-refractivity contribution >= 4 is 18.2 Å². The smallest absolute Gasteiger partial charge is 0.291 e. The van der Waals surface area contributed by atoms with E-state index >= 15 is 0 Å². The van der Waals surface area contributed by atoms with Gasteiger partial charge >= 0.3 is 0 Å². The van der Waals surface area contributed by atoms with Gasteiger partial charge in [0.2, 0.25) is 0 Å². The van der Waals surface area contributed by atoms with Crippen LogP contribution in [0.5, 0.6) is 0 Å². The second-order valence-corrected chi connectivity index (χ2v) is 4.63. The van der Waals surface area contributed by atoms with Gasteiger partial charge in [-0.1, -0.05) is 36.4 Å². The minimum atomic E-state index is -0.400. The van der Waals surface area contributed by atoms with Gasteiger partial charge in [-0.05, 0) is 23.8 Å². The van der Waals surface area contributed by atoms with E-state index in [4.69, 9.17) is 4.42 Å². The average molecular weight is 306 g/mol. The zero-order valence-electron chi connectivity index (χ0n) is 12.1. The monoisotopic (exact) mass is 306 g/mol. The van der Waals surface area contributed by atoms with E-state index in [1.54, 1.807) is 30.5 Å². The number of aromatic amines is 1. The molecule has 0 saturated heterocycles. The molecule has 0 radical (unpaired) electrons. The molecule has 1 amide bonds. The number of hydrogen-bond donors (Lipinski definition) is 2. The lowest BCUT2D eigenvalue weighted by Crippen LogP contribution is -2.17. The maximum Gasteiger partial charge on any atom is 0.291 e. The van der Waals surface area contributed by atoms with Gasteiger partial charge in [-0.3, -0.25) is 9.89 Å². The molecule has 0 fully saturated rings. The van der Waals surface area contributed by atoms with Crippen LogP contribution in [0.15, 0.2) is 70.4 Å². The molecular formula is C17H14N4O2. The van der Waals surface area contributed by atoms with E-state index in [0.29, 0.717) is 11.5 Å². The number of H-pyrrole nitrogens is 1. The van der Waals surface area contributed by atoms with Gasteiger partial charge in [-0.15, -0.1) is 0 Å². The molecule has 6 nitrogen and oxygen atoms in total. The number of carbonyl (C=O) groups is 1. The van der Waals surface area contributed by atoms with Gasteiger partial charge in [-0.2, -0.15) is 10.2 Å². The summed E-state index contributed by atoms with van der Waals surface area (Å²) in [6, 6.07) is 14.9. The summed E-state index contributed by atoms with van der Waals surface area (Å²) >= 11 is 0. The Morgan fingerprint density at radius 2 is 2.09 bits per heavy atom. The number of carbonyl (C=O) groups excluding carboxylic acids is 1. The number of nitrogens with one attached hydrogen (secondary N) is 2. The van der Waals surface area contributed by atoms with Crippen molar-refractivity contribution in [1.82, 2.24) is 15.6 Å². The van der Waals surface area contributed by atoms with Crippen LogP contribution in [0.2, 0.25) is 0 Å². The largest absolute Gasteiger partial charge is 0.463 e. The van der Waals surface area contributed by atoms with E-state index in [9.17, 15) is 4.79 Å². The number of benzene rings is 1. The van der Waals surface area contributed by atoms with Crippen molar-refractivity contribution in [3.63, 3.8) is 0 Å². The molecule has 0 aliphatic carbocycles. The van der Waals surface area contributed by atoms with Gasteiger partial charge in [0.15, 0.2) is 11.5 Å². The molecule has 0 aliphatic heterocycles. The molecule has 114 valence electrons. The van der Waals surface area contributed by atoms with E-state index in [2.05, 4.69) is 20.7 Å². The normalized spacial score (nSPS) is 11.3. The van der Waals surface area contributed by atoms with Crippen LogP contribution < -0.4 is 5.43 Å². The Hall–Kier alpha value is -3.41. The number of rotatable bonds is 5. The third-order valence-electron chi connectivity index (χ3n) is 3.01. The number of hydrazone groups is 1. The molecule has 0 unspecified atom stereocenters. The molecule has 2 aromatic heterocycles. The number of hydrogen-bond acceptors (Lipinski definition) is 4. The second kappa shape index (κ2) is 7.04. The van der Waals surface area contributed by atoms with Gasteiger partial charge < -0.3 is 4.42 Å². The Labute approximate surface area is 132 Å². The molecular weight excluding hydrogens is 292 g/mol. The molecule has 3 aromatic rings. The summed E-state index contributed by atoms with van der Waals surface area (Å²) in [6.45, 7) is 0. The fourth-order valence-corrected chi connectivity index (χ4v) is 1.91. The molecule has 2 heterocycles. The molecule has 1 aromatic carbocycles. The molecule has 6 heteroatoms. The van der Waals surface area contributed by atoms with Crippen molar-refractivity contribution in [3.8, 4) is 11.5 Å². The van der Waals surface area contributed by atoms with Crippen LogP contribution in [0, 0.1) is 0 Å². The van der Waals surface area contributed by atoms with Crippen molar-refractivity contribution < 1.29 is 9.21 Å². The van der Waals surface area contributed by atoms with Crippen molar-refractivity contribution in [1.29, 1.82) is 0 Å². The Balaban J connectivity index is 1.55. The van der Waals surface area contributed by atoms with E-state index in [0.717, 1.165) is 5.56 Å². The highest BCUT2D eigenvalue weighted by atomic mass is 16.3. The highest BCUT2D eigenvalue weighted by Gasteiger charge is 2.11. The first-order valence-corrected chi connectivity index (χ1v) is 6.97. The summed E-state index contributed by atoms with van der Waals surface area (Å²) in [4.78, 5) is 11.9. The van der Waals surface area contributed by atoms with Gasteiger partial charge in [0.1, 0.15) is 5.69 Å². The lowest BCUT2D eigenvalue weighted by atomic mass is 10.2. The fourth-order valence-electron chi connectivity index (χ4n) is 1.91. The van der Waals surface area contributed by atoms with Gasteiger partial charge in [0.25, 0.3) is 5.91 Å². The van der Waals surface area contributed by atoms with E-state index < -0.39 is 5.91 Å². The zero-order valence-corrected chi connectivity index (χ0v) is 12.1. The summed E-state index contributed by atoms with van der Waals surface area (Å²) < 4.78 is 5.23. The third-order valence-corrected chi connectivity index (χ3v) is 3.01. The molecule has 2 N–H and O–H groups in total. The predicted molar refractivity (Wildman–Crippen MR) is 87.7 cm³/mol. The van der Waals surface area contributed by atoms with Gasteiger partial charge in [0, 0.05) is 12.3 Å². The van der Waals surface area contributed by atoms with Crippen molar-refractivity contribution in [2.45, 2.75) is 0 Å². The Morgan fingerprint density at radius 3 is 2.87 bits per heavy atom. The molecule has 0 aliphatic rings. The highest BCUT2D eigenvalue weighted by molar-refractivity contribution is 5.93. The molecule has 0 bridgehead atoms. The lowest BCUT2D eigenvalue weighted by Gasteiger charge is -1.93. The van der Waals surface area contributed by atoms with Crippen LogP contribution in [0.25, 0.3) is 17.5 Å². The zero-order chi connectivity index (χ0) is 15.9. The van der Waals surface area contributed by atoms with Crippen LogP contribution in [-0.2, 0) is 0 Å². The predicted octanol–water partition coefficient (Wildman–Crippen LogP) is 3.10. The highest BCUT2D eigenvalue weighted by Crippen LogP contribution is 2.17. The van der Waals surface area contributed by atoms with Crippen LogP contribution in [0.4, 0.5) is 0 Å². The van der Waals surface area contributed by atoms with Crippen LogP contribution in [-0.4, -0.2) is 22.3 Å². The number of nitrogens with zero attached hydrogens (tertiary/aromatic N) is 2. The second-order valence-electron chi connectivity index (χ2n) is 4.63. The van der Waals surface area contributed by atoms with Crippen LogP contribution in [0.3, 0.4) is 0 Å². The fraction of sp³-hybridized carbons (Fsp3) is 0. The topological polar surface area (TPSA) is 83.3 Å². The van der Waals surface area contributed by atoms with Crippen molar-refractivity contribution in [3.05, 3.63) is 72.1 Å². The third kappa shape index (κ3) is 3.82. The number of aromatic nitrogens is 2. The molecule has 23 heavy (non-hydrogen) atoms. The maximum atomic E-state index is 11.9. The minimum Gasteiger partial charge on any atom is -0.463 e. The van der Waals surface area contributed by atoms with Gasteiger partial charge in [-0.25, -0.2) is 5.43 Å².